The van der Waals surface area contributed by atoms with E-state index in [1.807, 2.05) is 0 Å². The van der Waals surface area contributed by atoms with Crippen molar-refractivity contribution in [2.75, 3.05) is 19.6 Å². The molecule has 0 saturated carbocycles. The molecule has 1 unspecified atom stereocenters. The van der Waals surface area contributed by atoms with Crippen LogP contribution in [0.3, 0.4) is 0 Å². The first kappa shape index (κ1) is 13.6. The Bertz CT molecular complexity index is 235. The molecule has 0 radical (unpaired) electrons. The Morgan fingerprint density at radius 3 is 2.25 bits per heavy atom. The van der Waals surface area contributed by atoms with Crippen LogP contribution in [0.15, 0.2) is 0 Å². The maximum absolute atomic E-state index is 5.36. The van der Waals surface area contributed by atoms with Gasteiger partial charge in [-0.1, -0.05) is 40.0 Å². The highest BCUT2D eigenvalue weighted by atomic mass is 15.1. The SMILES string of the molecule is C#CCN1CCC(C(CC)C(C)(C)C)CC1. The average Bonchev–Trinajstić information content (AvgIpc) is 2.20. The molecule has 92 valence electrons. The number of hydrogen-bond donors (Lipinski definition) is 0. The molecule has 1 nitrogen and oxygen atoms in total. The first-order valence-electron chi connectivity index (χ1n) is 6.64. The summed E-state index contributed by atoms with van der Waals surface area (Å²) in [4.78, 5) is 2.41. The zero-order valence-corrected chi connectivity index (χ0v) is 11.4. The molecule has 16 heavy (non-hydrogen) atoms. The van der Waals surface area contributed by atoms with Gasteiger partial charge in [0, 0.05) is 0 Å². The lowest BCUT2D eigenvalue weighted by Crippen LogP contribution is -2.39. The predicted octanol–water partition coefficient (Wildman–Crippen LogP) is 3.40. The molecule has 0 aromatic carbocycles. The molecular weight excluding hydrogens is 194 g/mol. The molecule has 1 heterocycles. The molecule has 0 amide bonds. The van der Waals surface area contributed by atoms with E-state index in [2.05, 4.69) is 38.5 Å². The Labute approximate surface area is 102 Å². The van der Waals surface area contributed by atoms with Crippen LogP contribution < -0.4 is 0 Å². The second-order valence-electron chi connectivity index (χ2n) is 6.20. The molecule has 1 heteroatoms. The molecular formula is C15H27N. The highest BCUT2D eigenvalue weighted by molar-refractivity contribution is 4.91. The number of likely N-dealkylation sites (tertiary alicyclic amines) is 1. The summed E-state index contributed by atoms with van der Waals surface area (Å²) in [6.07, 6.45) is 9.33. The summed E-state index contributed by atoms with van der Waals surface area (Å²) in [7, 11) is 0. The van der Waals surface area contributed by atoms with E-state index < -0.39 is 0 Å². The third kappa shape index (κ3) is 3.52. The topological polar surface area (TPSA) is 3.24 Å². The lowest BCUT2D eigenvalue weighted by Gasteiger charge is -2.41. The second-order valence-corrected chi connectivity index (χ2v) is 6.20. The quantitative estimate of drug-likeness (QED) is 0.660. The summed E-state index contributed by atoms with van der Waals surface area (Å²) in [6.45, 7) is 12.7. The fraction of sp³-hybridized carbons (Fsp3) is 0.867. The molecule has 0 N–H and O–H groups in total. The van der Waals surface area contributed by atoms with E-state index in [9.17, 15) is 0 Å². The second kappa shape index (κ2) is 5.73. The van der Waals surface area contributed by atoms with E-state index in [1.165, 1.54) is 32.4 Å². The first-order chi connectivity index (χ1) is 7.49. The highest BCUT2D eigenvalue weighted by Gasteiger charge is 2.32. The van der Waals surface area contributed by atoms with Gasteiger partial charge in [-0.2, -0.15) is 0 Å². The zero-order chi connectivity index (χ0) is 12.2. The summed E-state index contributed by atoms with van der Waals surface area (Å²) in [5.74, 6) is 4.52. The van der Waals surface area contributed by atoms with Crippen LogP contribution >= 0.6 is 0 Å². The maximum Gasteiger partial charge on any atom is 0.0598 e. The summed E-state index contributed by atoms with van der Waals surface area (Å²) >= 11 is 0. The van der Waals surface area contributed by atoms with E-state index in [0.717, 1.165) is 18.4 Å². The molecule has 1 saturated heterocycles. The van der Waals surface area contributed by atoms with Crippen molar-refractivity contribution in [1.29, 1.82) is 0 Å². The molecule has 0 bridgehead atoms. The van der Waals surface area contributed by atoms with E-state index in [1.54, 1.807) is 0 Å². The van der Waals surface area contributed by atoms with Crippen LogP contribution in [0.25, 0.3) is 0 Å². The Morgan fingerprint density at radius 2 is 1.88 bits per heavy atom. The van der Waals surface area contributed by atoms with Crippen molar-refractivity contribution in [3.8, 4) is 12.3 Å². The Morgan fingerprint density at radius 1 is 1.31 bits per heavy atom. The molecule has 1 aliphatic heterocycles. The maximum atomic E-state index is 5.36. The molecule has 1 aliphatic rings. The van der Waals surface area contributed by atoms with E-state index in [-0.39, 0.29) is 0 Å². The van der Waals surface area contributed by atoms with Gasteiger partial charge in [-0.05, 0) is 43.2 Å². The van der Waals surface area contributed by atoms with Crippen LogP contribution in [0, 0.1) is 29.6 Å². The molecule has 1 atom stereocenters. The van der Waals surface area contributed by atoms with Crippen molar-refractivity contribution >= 4 is 0 Å². The van der Waals surface area contributed by atoms with Crippen molar-refractivity contribution in [2.45, 2.75) is 47.0 Å². The van der Waals surface area contributed by atoms with Gasteiger partial charge in [-0.25, -0.2) is 0 Å². The van der Waals surface area contributed by atoms with Crippen molar-refractivity contribution in [3.63, 3.8) is 0 Å². The van der Waals surface area contributed by atoms with Crippen molar-refractivity contribution in [2.24, 2.45) is 17.3 Å². The Kier molecular flexibility index (Phi) is 4.87. The van der Waals surface area contributed by atoms with Crippen molar-refractivity contribution in [1.82, 2.24) is 4.90 Å². The fourth-order valence-electron chi connectivity index (χ4n) is 3.30. The van der Waals surface area contributed by atoms with Crippen LogP contribution in [0.2, 0.25) is 0 Å². The Balaban J connectivity index is 2.49. The lowest BCUT2D eigenvalue weighted by atomic mass is 9.69. The number of nitrogens with zero attached hydrogens (tertiary/aromatic N) is 1. The number of hydrogen-bond acceptors (Lipinski definition) is 1. The van der Waals surface area contributed by atoms with Crippen LogP contribution in [0.5, 0.6) is 0 Å². The van der Waals surface area contributed by atoms with Crippen LogP contribution in [0.1, 0.15) is 47.0 Å². The number of terminal acetylenes is 1. The van der Waals surface area contributed by atoms with Gasteiger partial charge < -0.3 is 0 Å². The zero-order valence-electron chi connectivity index (χ0n) is 11.4. The average molecular weight is 221 g/mol. The molecule has 0 aromatic rings. The monoisotopic (exact) mass is 221 g/mol. The minimum absolute atomic E-state index is 0.452. The smallest absolute Gasteiger partial charge is 0.0598 e. The summed E-state index contributed by atoms with van der Waals surface area (Å²) in [5.41, 5.74) is 0.452. The molecule has 0 spiro atoms. The largest absolute Gasteiger partial charge is 0.292 e. The van der Waals surface area contributed by atoms with Crippen molar-refractivity contribution in [3.05, 3.63) is 0 Å². The lowest BCUT2D eigenvalue weighted by molar-refractivity contribution is 0.0886. The van der Waals surface area contributed by atoms with Gasteiger partial charge >= 0.3 is 0 Å². The van der Waals surface area contributed by atoms with Gasteiger partial charge in [0.25, 0.3) is 0 Å². The van der Waals surface area contributed by atoms with Crippen LogP contribution in [0.4, 0.5) is 0 Å². The van der Waals surface area contributed by atoms with Gasteiger partial charge in [0.2, 0.25) is 0 Å². The molecule has 1 fully saturated rings. The third-order valence-corrected chi connectivity index (χ3v) is 4.07. The van der Waals surface area contributed by atoms with Gasteiger partial charge in [0.1, 0.15) is 0 Å². The number of piperidine rings is 1. The van der Waals surface area contributed by atoms with Crippen molar-refractivity contribution < 1.29 is 0 Å². The minimum atomic E-state index is 0.452. The molecule has 0 aliphatic carbocycles. The van der Waals surface area contributed by atoms with Gasteiger partial charge in [0.05, 0.1) is 6.54 Å². The normalized spacial score (nSPS) is 21.7. The van der Waals surface area contributed by atoms with Crippen LogP contribution in [-0.2, 0) is 0 Å². The fourth-order valence-corrected chi connectivity index (χ4v) is 3.30. The van der Waals surface area contributed by atoms with E-state index in [0.29, 0.717) is 5.41 Å². The molecule has 1 rings (SSSR count). The summed E-state index contributed by atoms with van der Waals surface area (Å²) in [5, 5.41) is 0. The Hall–Kier alpha value is -0.480. The highest BCUT2D eigenvalue weighted by Crippen LogP contribution is 2.39. The van der Waals surface area contributed by atoms with E-state index in [4.69, 9.17) is 6.42 Å². The summed E-state index contributed by atoms with van der Waals surface area (Å²) in [6, 6.07) is 0. The summed E-state index contributed by atoms with van der Waals surface area (Å²) < 4.78 is 0. The van der Waals surface area contributed by atoms with Gasteiger partial charge in [0.15, 0.2) is 0 Å². The minimum Gasteiger partial charge on any atom is -0.292 e. The van der Waals surface area contributed by atoms with Gasteiger partial charge in [-0.15, -0.1) is 6.42 Å². The van der Waals surface area contributed by atoms with E-state index >= 15 is 0 Å². The molecule has 0 aromatic heterocycles. The number of rotatable bonds is 3. The van der Waals surface area contributed by atoms with Crippen LogP contribution in [-0.4, -0.2) is 24.5 Å². The van der Waals surface area contributed by atoms with Gasteiger partial charge in [-0.3, -0.25) is 4.90 Å². The predicted molar refractivity (Wildman–Crippen MR) is 71.2 cm³/mol. The first-order valence-corrected chi connectivity index (χ1v) is 6.64. The third-order valence-electron chi connectivity index (χ3n) is 4.07. The standard InChI is InChI=1S/C15H27N/c1-6-10-16-11-8-13(9-12-16)14(7-2)15(3,4)5/h1,13-14H,7-12H2,2-5H3.